The number of aliphatic hydroxyl groups is 1. The number of nitrogens with zero attached hydrogens (tertiary/aromatic N) is 2. The van der Waals surface area contributed by atoms with Crippen molar-refractivity contribution in [3.63, 3.8) is 0 Å². The smallest absolute Gasteiger partial charge is 0.274 e. The number of rotatable bonds is 5. The second-order valence-corrected chi connectivity index (χ2v) is 9.49. The zero-order chi connectivity index (χ0) is 25.6. The van der Waals surface area contributed by atoms with Crippen LogP contribution >= 0.6 is 23.2 Å². The Morgan fingerprint density at radius 2 is 1.75 bits per heavy atom. The summed E-state index contributed by atoms with van der Waals surface area (Å²) in [5.41, 5.74) is 3.15. The van der Waals surface area contributed by atoms with Crippen molar-refractivity contribution < 1.29 is 9.90 Å². The van der Waals surface area contributed by atoms with Crippen molar-refractivity contribution in [1.29, 1.82) is 0 Å². The number of halogens is 2. The van der Waals surface area contributed by atoms with Crippen LogP contribution in [-0.2, 0) is 0 Å². The molecule has 3 N–H and O–H groups in total. The highest BCUT2D eigenvalue weighted by atomic mass is 35.5. The van der Waals surface area contributed by atoms with E-state index >= 15 is 0 Å². The van der Waals surface area contributed by atoms with Gasteiger partial charge in [0.2, 0.25) is 0 Å². The van der Waals surface area contributed by atoms with E-state index in [2.05, 4.69) is 15.4 Å². The van der Waals surface area contributed by atoms with Gasteiger partial charge < -0.3 is 15.4 Å². The van der Waals surface area contributed by atoms with Crippen LogP contribution in [0, 0.1) is 13.8 Å². The SMILES string of the molecule is Cc1c(C(=O)NC(CO)c2cc(Cl)cc(Cl)c2)nn2c(C)c(-c3ccc4ccccc4c3)[nH]c(=O)c12. The zero-order valence-corrected chi connectivity index (χ0v) is 21.0. The van der Waals surface area contributed by atoms with E-state index in [0.717, 1.165) is 16.3 Å². The average Bonchev–Trinajstić information content (AvgIpc) is 3.21. The van der Waals surface area contributed by atoms with E-state index in [1.165, 1.54) is 4.52 Å². The molecule has 0 fully saturated rings. The van der Waals surface area contributed by atoms with Gasteiger partial charge in [-0.25, -0.2) is 4.52 Å². The molecule has 0 saturated heterocycles. The summed E-state index contributed by atoms with van der Waals surface area (Å²) in [5, 5.41) is 20.1. The van der Waals surface area contributed by atoms with Crippen LogP contribution in [0.2, 0.25) is 10.0 Å². The molecule has 0 spiro atoms. The summed E-state index contributed by atoms with van der Waals surface area (Å²) in [7, 11) is 0. The predicted octanol–water partition coefficient (Wildman–Crippen LogP) is 5.23. The normalized spacial score (nSPS) is 12.2. The van der Waals surface area contributed by atoms with Crippen LogP contribution in [0.3, 0.4) is 0 Å². The molecule has 1 atom stereocenters. The molecular formula is C27H22Cl2N4O3. The number of hydrogen-bond donors (Lipinski definition) is 3. The number of fused-ring (bicyclic) bond motifs is 2. The monoisotopic (exact) mass is 520 g/mol. The van der Waals surface area contributed by atoms with Gasteiger partial charge in [-0.3, -0.25) is 9.59 Å². The maximum absolute atomic E-state index is 13.2. The molecule has 0 aliphatic heterocycles. The lowest BCUT2D eigenvalue weighted by atomic mass is 10.0. The van der Waals surface area contributed by atoms with Crippen LogP contribution in [0.15, 0.2) is 65.5 Å². The highest BCUT2D eigenvalue weighted by Crippen LogP contribution is 2.27. The first-order valence-electron chi connectivity index (χ1n) is 11.3. The molecule has 9 heteroatoms. The quantitative estimate of drug-likeness (QED) is 0.295. The maximum atomic E-state index is 13.2. The fourth-order valence-electron chi connectivity index (χ4n) is 4.45. The number of H-pyrrole nitrogens is 1. The van der Waals surface area contributed by atoms with Gasteiger partial charge in [0.1, 0.15) is 5.52 Å². The van der Waals surface area contributed by atoms with E-state index in [4.69, 9.17) is 23.2 Å². The summed E-state index contributed by atoms with van der Waals surface area (Å²) in [5.74, 6) is -0.530. The largest absolute Gasteiger partial charge is 0.394 e. The van der Waals surface area contributed by atoms with Crippen LogP contribution in [0.25, 0.3) is 27.5 Å². The minimum Gasteiger partial charge on any atom is -0.394 e. The van der Waals surface area contributed by atoms with Gasteiger partial charge in [0, 0.05) is 21.2 Å². The first-order valence-corrected chi connectivity index (χ1v) is 12.0. The molecule has 3 aromatic carbocycles. The maximum Gasteiger partial charge on any atom is 0.274 e. The van der Waals surface area contributed by atoms with E-state index in [1.54, 1.807) is 25.1 Å². The Labute approximate surface area is 216 Å². The van der Waals surface area contributed by atoms with Crippen LogP contribution in [0.4, 0.5) is 0 Å². The van der Waals surface area contributed by atoms with Crippen molar-refractivity contribution in [1.82, 2.24) is 19.9 Å². The Balaban J connectivity index is 1.55. The molecule has 0 saturated carbocycles. The number of carbonyl (C=O) groups is 1. The van der Waals surface area contributed by atoms with Gasteiger partial charge in [0.15, 0.2) is 5.69 Å². The van der Waals surface area contributed by atoms with Gasteiger partial charge in [0.05, 0.1) is 24.0 Å². The number of hydrogen-bond acceptors (Lipinski definition) is 4. The summed E-state index contributed by atoms with van der Waals surface area (Å²) < 4.78 is 1.50. The van der Waals surface area contributed by atoms with Crippen molar-refractivity contribution in [2.45, 2.75) is 19.9 Å². The second kappa shape index (κ2) is 9.43. The molecule has 2 heterocycles. The summed E-state index contributed by atoms with van der Waals surface area (Å²) in [6.07, 6.45) is 0. The minimum atomic E-state index is -0.759. The van der Waals surface area contributed by atoms with Crippen LogP contribution in [0.5, 0.6) is 0 Å². The number of nitrogens with one attached hydrogen (secondary N) is 2. The molecule has 5 aromatic rings. The standard InChI is InChI=1S/C27H22Cl2N4O3/c1-14-23(26(35)30-22(13-34)19-10-20(28)12-21(29)11-19)32-33-15(2)24(31-27(36)25(14)33)18-8-7-16-5-3-4-6-17(16)9-18/h3-12,22,34H,13H2,1-2H3,(H,30,35)(H,31,36). The van der Waals surface area contributed by atoms with Gasteiger partial charge in [0.25, 0.3) is 11.5 Å². The molecule has 5 rings (SSSR count). The number of carbonyl (C=O) groups excluding carboxylic acids is 1. The van der Waals surface area contributed by atoms with Crippen LogP contribution in [-0.4, -0.2) is 32.2 Å². The van der Waals surface area contributed by atoms with Crippen LogP contribution in [0.1, 0.15) is 33.4 Å². The summed E-state index contributed by atoms with van der Waals surface area (Å²) in [4.78, 5) is 29.3. The lowest BCUT2D eigenvalue weighted by Gasteiger charge is -2.17. The molecule has 0 radical (unpaired) electrons. The minimum absolute atomic E-state index is 0.0887. The summed E-state index contributed by atoms with van der Waals surface area (Å²) in [6, 6.07) is 18.0. The lowest BCUT2D eigenvalue weighted by molar-refractivity contribution is 0.0910. The molecule has 0 aliphatic carbocycles. The first kappa shape index (κ1) is 24.1. The third kappa shape index (κ3) is 4.26. The fourth-order valence-corrected chi connectivity index (χ4v) is 5.00. The van der Waals surface area contributed by atoms with Gasteiger partial charge in [-0.2, -0.15) is 5.10 Å². The molecule has 0 aliphatic rings. The van der Waals surface area contributed by atoms with Gasteiger partial charge in [-0.15, -0.1) is 0 Å². The molecule has 7 nitrogen and oxygen atoms in total. The molecule has 182 valence electrons. The number of benzene rings is 3. The van der Waals surface area contributed by atoms with E-state index in [9.17, 15) is 14.7 Å². The third-order valence-corrected chi connectivity index (χ3v) is 6.72. The van der Waals surface area contributed by atoms with Gasteiger partial charge in [-0.05, 0) is 54.4 Å². The topological polar surface area (TPSA) is 99.5 Å². The summed E-state index contributed by atoms with van der Waals surface area (Å²) in [6.45, 7) is 3.14. The van der Waals surface area contributed by atoms with Crippen molar-refractivity contribution in [2.75, 3.05) is 6.61 Å². The second-order valence-electron chi connectivity index (χ2n) is 8.62. The van der Waals surface area contributed by atoms with Crippen LogP contribution < -0.4 is 10.9 Å². The van der Waals surface area contributed by atoms with Gasteiger partial charge >= 0.3 is 0 Å². The first-order chi connectivity index (χ1) is 17.3. The Morgan fingerprint density at radius 3 is 2.44 bits per heavy atom. The summed E-state index contributed by atoms with van der Waals surface area (Å²) >= 11 is 12.2. The fraction of sp³-hybridized carbons (Fsp3) is 0.148. The third-order valence-electron chi connectivity index (χ3n) is 6.28. The molecule has 36 heavy (non-hydrogen) atoms. The Hall–Kier alpha value is -3.65. The number of aliphatic hydroxyl groups excluding tert-OH is 1. The molecule has 1 unspecified atom stereocenters. The molecule has 0 bridgehead atoms. The van der Waals surface area contributed by atoms with Gasteiger partial charge in [-0.1, -0.05) is 59.6 Å². The lowest BCUT2D eigenvalue weighted by Crippen LogP contribution is -2.31. The molecule has 1 amide bonds. The van der Waals surface area contributed by atoms with Crippen molar-refractivity contribution >= 4 is 45.4 Å². The van der Waals surface area contributed by atoms with E-state index in [1.807, 2.05) is 49.4 Å². The van der Waals surface area contributed by atoms with E-state index < -0.39 is 11.9 Å². The highest BCUT2D eigenvalue weighted by molar-refractivity contribution is 6.34. The number of amides is 1. The van der Waals surface area contributed by atoms with E-state index in [-0.39, 0.29) is 23.4 Å². The zero-order valence-electron chi connectivity index (χ0n) is 19.5. The number of aromatic nitrogens is 3. The van der Waals surface area contributed by atoms with E-state index in [0.29, 0.717) is 32.6 Å². The van der Waals surface area contributed by atoms with Crippen molar-refractivity contribution in [2.24, 2.45) is 0 Å². The Morgan fingerprint density at radius 1 is 1.06 bits per heavy atom. The van der Waals surface area contributed by atoms with Crippen molar-refractivity contribution in [3.8, 4) is 11.3 Å². The number of aryl methyl sites for hydroxylation is 2. The molecule has 2 aromatic heterocycles. The Kier molecular flexibility index (Phi) is 6.30. The Bertz CT molecular complexity index is 1690. The highest BCUT2D eigenvalue weighted by Gasteiger charge is 2.24. The predicted molar refractivity (Wildman–Crippen MR) is 142 cm³/mol. The average molecular weight is 521 g/mol. The molecular weight excluding hydrogens is 499 g/mol. The van der Waals surface area contributed by atoms with Crippen molar-refractivity contribution in [3.05, 3.63) is 104 Å². The number of aromatic amines is 1.